The number of fused-ring (bicyclic) bond motifs is 10. The van der Waals surface area contributed by atoms with Crippen LogP contribution in [0.5, 0.6) is 0 Å². The Hall–Kier alpha value is -11.1. The van der Waals surface area contributed by atoms with E-state index >= 15 is 0 Å². The minimum Gasteiger partial charge on any atom is -0.442 e. The molecule has 20 heterocycles. The van der Waals surface area contributed by atoms with E-state index in [1.54, 1.807) is 125 Å². The average Bonchev–Trinajstić information content (AvgIpc) is 4.53. The van der Waals surface area contributed by atoms with Crippen molar-refractivity contribution >= 4 is 175 Å². The molecule has 20 aromatic rings. The van der Waals surface area contributed by atoms with Crippen LogP contribution in [0.2, 0.25) is 0 Å². The number of imidazole rings is 1. The van der Waals surface area contributed by atoms with Crippen LogP contribution in [0.3, 0.4) is 0 Å². The highest BCUT2D eigenvalue weighted by atomic mass is 32.1. The number of H-pyrrole nitrogens is 1. The molecule has 0 bridgehead atoms. The van der Waals surface area contributed by atoms with Gasteiger partial charge >= 0.3 is 0 Å². The topological polar surface area (TPSA) is 287 Å². The molecule has 0 saturated heterocycles. The molecule has 0 fully saturated rings. The van der Waals surface area contributed by atoms with Crippen LogP contribution < -0.4 is 0 Å². The Balaban J connectivity index is 0.000000103. The number of pyridine rings is 10. The SMILES string of the molecule is c1cnc2ccsc2c1.c1cnc2cnoc2c1.c1cnc2cnsc2c1.c1cnc2nc[nH]c2c1.c1cnc2ncoc2c1.c1cnc2ncsc2c1.c1cnc2ocnc2c1.c1cnc2sccc2c1.c1cnc2scnc2c1.c1cnc2sncc2c1. The van der Waals surface area contributed by atoms with Crippen molar-refractivity contribution in [3.8, 4) is 0 Å². The minimum atomic E-state index is 0.595. The maximum absolute atomic E-state index is 4.94. The standard InChI is InChI=1S/2C7H5NS.C6H5N3.3C6H4N2O.4C6H4N2S/c1-2-7-6(8-4-1)3-5-9-7;1-2-6-3-5-9-7(6)8-4-1;1-2-5-6(7-3-1)9-4-8-5;1-2-6-5(7-3-1)4-8-9-6;1-2-5-6(7-3-1)8-4-9-5;1-2-5-6(7-3-1)9-4-8-5;1-2-6-5(7-3-1)4-8-9-6;1-2-5-6(7-3-1)8-4-9-5;1-2-5-6(7-3-1)9-4-8-5;1-2-5-4-8-9-6(5)7-3-1/h2*1-5H;1-4H,(H,7,8,9);7*1-4H. The summed E-state index contributed by atoms with van der Waals surface area (Å²) in [6.07, 6.45) is 27.1. The van der Waals surface area contributed by atoms with Gasteiger partial charge in [0.05, 0.1) is 66.6 Å². The van der Waals surface area contributed by atoms with E-state index in [-0.39, 0.29) is 0 Å². The summed E-state index contributed by atoms with van der Waals surface area (Å²) in [4.78, 5) is 66.3. The highest BCUT2D eigenvalue weighted by Gasteiger charge is 1.98. The smallest absolute Gasteiger partial charge is 0.246 e. The number of rotatable bonds is 0. The van der Waals surface area contributed by atoms with E-state index in [2.05, 4.69) is 123 Å². The van der Waals surface area contributed by atoms with Crippen molar-refractivity contribution in [3.63, 3.8) is 0 Å². The summed E-state index contributed by atoms with van der Waals surface area (Å²) >= 11 is 9.48. The van der Waals surface area contributed by atoms with E-state index < -0.39 is 0 Å². The Kier molecular flexibility index (Phi) is 21.9. The Labute approximate surface area is 532 Å². The average molecular weight is 1290 g/mol. The summed E-state index contributed by atoms with van der Waals surface area (Å²) in [6.45, 7) is 0. The molecule has 20 aromatic heterocycles. The molecule has 0 radical (unpaired) electrons. The van der Waals surface area contributed by atoms with Crippen LogP contribution in [-0.2, 0) is 0 Å². The van der Waals surface area contributed by atoms with Gasteiger partial charge < -0.3 is 18.3 Å². The lowest BCUT2D eigenvalue weighted by atomic mass is 10.4. The molecule has 440 valence electrons. The summed E-state index contributed by atoms with van der Waals surface area (Å²) < 4.78 is 26.2. The highest BCUT2D eigenvalue weighted by Crippen LogP contribution is 2.19. The number of hydrogen-bond donors (Lipinski definition) is 1. The molecule has 0 aliphatic carbocycles. The van der Waals surface area contributed by atoms with Gasteiger partial charge in [0.1, 0.15) is 31.0 Å². The van der Waals surface area contributed by atoms with Gasteiger partial charge in [0.2, 0.25) is 5.71 Å². The fourth-order valence-electron chi connectivity index (χ4n) is 7.32. The van der Waals surface area contributed by atoms with Crippen molar-refractivity contribution in [1.29, 1.82) is 0 Å². The number of nitrogens with zero attached hydrogens (tertiary/aromatic N) is 18. The summed E-state index contributed by atoms with van der Waals surface area (Å²) in [5.41, 5.74) is 13.6. The summed E-state index contributed by atoms with van der Waals surface area (Å²) in [5.74, 6) is 0. The number of oxazole rings is 2. The predicted octanol–water partition coefficient (Wildman–Crippen LogP) is 16.0. The minimum absolute atomic E-state index is 0.595. The van der Waals surface area contributed by atoms with Crippen molar-refractivity contribution in [2.24, 2.45) is 0 Å². The predicted molar refractivity (Wildman–Crippen MR) is 358 cm³/mol. The van der Waals surface area contributed by atoms with Gasteiger partial charge in [0, 0.05) is 72.7 Å². The molecule has 0 aromatic carbocycles. The van der Waals surface area contributed by atoms with Crippen LogP contribution in [0.15, 0.2) is 268 Å². The molecule has 0 unspecified atom stereocenters. The second-order valence-corrected chi connectivity index (χ2v) is 22.4. The zero-order valence-corrected chi connectivity index (χ0v) is 51.4. The molecule has 90 heavy (non-hydrogen) atoms. The second-order valence-electron chi connectivity index (χ2n) is 17.3. The molecular weight excluding hydrogens is 1250 g/mol. The van der Waals surface area contributed by atoms with Crippen molar-refractivity contribution in [2.75, 3.05) is 0 Å². The van der Waals surface area contributed by atoms with Crippen LogP contribution in [0.1, 0.15) is 0 Å². The van der Waals surface area contributed by atoms with E-state index in [0.717, 1.165) is 84.8 Å². The third kappa shape index (κ3) is 17.5. The number of thiophene rings is 2. The number of aromatic nitrogens is 19. The number of aromatic amines is 1. The highest BCUT2D eigenvalue weighted by molar-refractivity contribution is 7.17. The molecule has 1 N–H and O–H groups in total. The van der Waals surface area contributed by atoms with Crippen LogP contribution >= 0.6 is 68.4 Å². The van der Waals surface area contributed by atoms with Gasteiger partial charge in [-0.05, 0) is 161 Å². The van der Waals surface area contributed by atoms with Gasteiger partial charge in [0.15, 0.2) is 40.9 Å². The Morgan fingerprint density at radius 1 is 0.333 bits per heavy atom. The number of thiazole rings is 2. The summed E-state index contributed by atoms with van der Waals surface area (Å²) in [6, 6.07) is 42.6. The molecule has 20 rings (SSSR count). The van der Waals surface area contributed by atoms with Crippen molar-refractivity contribution < 1.29 is 13.4 Å². The molecule has 0 saturated carbocycles. The monoisotopic (exact) mass is 1290 g/mol. The third-order valence-corrected chi connectivity index (χ3v) is 16.2. The Morgan fingerprint density at radius 2 is 0.967 bits per heavy atom. The Bertz CT molecular complexity index is 3950. The molecule has 0 atom stereocenters. The number of hydrogen-bond acceptors (Lipinski definition) is 27. The lowest BCUT2D eigenvalue weighted by Crippen LogP contribution is -1.71. The first-order chi connectivity index (χ1) is 44.7. The van der Waals surface area contributed by atoms with Crippen molar-refractivity contribution in [3.05, 3.63) is 255 Å². The van der Waals surface area contributed by atoms with Gasteiger partial charge in [-0.15, -0.1) is 45.3 Å². The van der Waals surface area contributed by atoms with E-state index in [0.29, 0.717) is 11.4 Å². The maximum atomic E-state index is 4.94. The quantitative estimate of drug-likeness (QED) is 0.148. The molecule has 28 heteroatoms. The van der Waals surface area contributed by atoms with Gasteiger partial charge in [-0.2, -0.15) is 13.7 Å². The summed E-state index contributed by atoms with van der Waals surface area (Å²) in [7, 11) is 0. The number of nitrogens with one attached hydrogen (secondary N) is 1. The van der Waals surface area contributed by atoms with E-state index in [9.17, 15) is 0 Å². The van der Waals surface area contributed by atoms with Gasteiger partial charge in [-0.25, -0.2) is 54.8 Å². The lowest BCUT2D eigenvalue weighted by molar-refractivity contribution is 0.456. The van der Waals surface area contributed by atoms with E-state index in [1.165, 1.54) is 45.9 Å². The maximum Gasteiger partial charge on any atom is 0.246 e. The van der Waals surface area contributed by atoms with Gasteiger partial charge in [0.25, 0.3) is 0 Å². The third-order valence-electron chi connectivity index (χ3n) is 11.5. The molecule has 22 nitrogen and oxygen atoms in total. The normalized spacial score (nSPS) is 10.2. The summed E-state index contributed by atoms with van der Waals surface area (Å²) in [5, 5.41) is 10.0. The first-order valence-corrected chi connectivity index (χ1v) is 31.6. The largest absolute Gasteiger partial charge is 0.442 e. The molecular formula is C62H43N19O3S6. The molecule has 0 spiro atoms. The first-order valence-electron chi connectivity index (χ1n) is 26.5. The van der Waals surface area contributed by atoms with Crippen molar-refractivity contribution in [2.45, 2.75) is 0 Å². The molecule has 0 amide bonds. The molecule has 0 aliphatic rings. The van der Waals surface area contributed by atoms with Gasteiger partial charge in [-0.1, -0.05) is 11.2 Å². The zero-order valence-electron chi connectivity index (χ0n) is 46.5. The van der Waals surface area contributed by atoms with Crippen LogP contribution in [-0.4, -0.2) is 93.6 Å². The lowest BCUT2D eigenvalue weighted by Gasteiger charge is -1.81. The zero-order chi connectivity index (χ0) is 61.0. The van der Waals surface area contributed by atoms with Crippen LogP contribution in [0.25, 0.3) is 106 Å². The Morgan fingerprint density at radius 3 is 1.73 bits per heavy atom. The van der Waals surface area contributed by atoms with Crippen molar-refractivity contribution in [1.82, 2.24) is 93.6 Å². The van der Waals surface area contributed by atoms with Crippen LogP contribution in [0.4, 0.5) is 0 Å². The molecule has 0 aliphatic heterocycles. The van der Waals surface area contributed by atoms with E-state index in [1.807, 2.05) is 134 Å². The van der Waals surface area contributed by atoms with E-state index in [4.69, 9.17) is 13.4 Å². The second kappa shape index (κ2) is 32.6. The fourth-order valence-corrected chi connectivity index (χ4v) is 11.3. The fraction of sp³-hybridized carbons (Fsp3) is 0. The van der Waals surface area contributed by atoms with Gasteiger partial charge in [-0.3, -0.25) is 15.0 Å². The first kappa shape index (κ1) is 60.5. The van der Waals surface area contributed by atoms with Crippen LogP contribution in [0, 0.1) is 0 Å².